The van der Waals surface area contributed by atoms with E-state index < -0.39 is 11.9 Å². The molecule has 0 saturated carbocycles. The molecule has 1 aromatic rings. The smallest absolute Gasteiger partial charge is 0.371 e. The summed E-state index contributed by atoms with van der Waals surface area (Å²) < 4.78 is 4.41. The maximum absolute atomic E-state index is 10.2. The quantitative estimate of drug-likeness (QED) is 0.555. The second-order valence-corrected chi connectivity index (χ2v) is 4.83. The first-order valence-electron chi connectivity index (χ1n) is 6.73. The maximum atomic E-state index is 10.2. The van der Waals surface area contributed by atoms with Gasteiger partial charge in [-0.05, 0) is 40.3 Å². The molecule has 0 aliphatic rings. The van der Waals surface area contributed by atoms with Gasteiger partial charge in [0, 0.05) is 13.1 Å². The minimum atomic E-state index is -1.28. The third-order valence-corrected chi connectivity index (χ3v) is 2.12. The zero-order valence-corrected chi connectivity index (χ0v) is 13.9. The highest BCUT2D eigenvalue weighted by Gasteiger charge is 2.12. The number of aromatic carboxylic acids is 2. The number of hydrogen-bond acceptors (Lipinski definition) is 7. The van der Waals surface area contributed by atoms with Gasteiger partial charge in [0.1, 0.15) is 0 Å². The van der Waals surface area contributed by atoms with Crippen LogP contribution in [0.15, 0.2) is 16.5 Å². The molecule has 23 heavy (non-hydrogen) atoms. The lowest BCUT2D eigenvalue weighted by atomic mass is 10.4. The summed E-state index contributed by atoms with van der Waals surface area (Å²) in [6.45, 7) is 2.04. The second-order valence-electron chi connectivity index (χ2n) is 4.83. The van der Waals surface area contributed by atoms with Crippen molar-refractivity contribution in [2.75, 3.05) is 54.5 Å². The van der Waals surface area contributed by atoms with Gasteiger partial charge in [-0.3, -0.25) is 0 Å². The van der Waals surface area contributed by atoms with Crippen LogP contribution in [0.3, 0.4) is 0 Å². The average molecular weight is 334 g/mol. The molecule has 0 aromatic carbocycles. The van der Waals surface area contributed by atoms with Gasteiger partial charge in [-0.25, -0.2) is 9.59 Å². The summed E-state index contributed by atoms with van der Waals surface area (Å²) in [5.74, 6) is -3.31. The first-order chi connectivity index (χ1) is 10.6. The van der Waals surface area contributed by atoms with Crippen molar-refractivity contribution in [1.29, 1.82) is 0 Å². The van der Waals surface area contributed by atoms with Crippen LogP contribution in [-0.4, -0.2) is 96.7 Å². The van der Waals surface area contributed by atoms with E-state index in [1.807, 2.05) is 38.0 Å². The number of aliphatic hydroxyl groups is 2. The van der Waals surface area contributed by atoms with Crippen LogP contribution in [-0.2, 0) is 0 Å². The van der Waals surface area contributed by atoms with E-state index in [0.717, 1.165) is 25.2 Å². The lowest BCUT2D eigenvalue weighted by Crippen LogP contribution is -2.15. The lowest BCUT2D eigenvalue weighted by molar-refractivity contribution is 0.0631. The number of aliphatic hydroxyl groups excluding tert-OH is 2. The molecule has 0 radical (unpaired) electrons. The minimum Gasteiger partial charge on any atom is -0.475 e. The highest BCUT2D eigenvalue weighted by atomic mass is 16.4. The largest absolute Gasteiger partial charge is 0.475 e. The number of carbonyl (C=O) groups is 2. The normalized spacial score (nSPS) is 9.74. The number of nitrogens with zero attached hydrogens (tertiary/aromatic N) is 2. The third kappa shape index (κ3) is 14.8. The molecule has 0 spiro atoms. The van der Waals surface area contributed by atoms with Gasteiger partial charge < -0.3 is 34.6 Å². The number of furan rings is 1. The minimum absolute atomic E-state index is 0.257. The van der Waals surface area contributed by atoms with Gasteiger partial charge in [0.05, 0.1) is 13.2 Å². The van der Waals surface area contributed by atoms with Crippen molar-refractivity contribution < 1.29 is 34.4 Å². The Morgan fingerprint density at radius 3 is 1.26 bits per heavy atom. The van der Waals surface area contributed by atoms with E-state index in [1.54, 1.807) is 0 Å². The van der Waals surface area contributed by atoms with Crippen LogP contribution in [0.1, 0.15) is 21.1 Å². The summed E-state index contributed by atoms with van der Waals surface area (Å²) in [6, 6.07) is 2.18. The highest BCUT2D eigenvalue weighted by Crippen LogP contribution is 2.06. The SMILES string of the molecule is CN(C)CCO.CN(C)CCO.O=C(O)c1ccc(C(=O)O)o1. The Labute approximate surface area is 135 Å². The summed E-state index contributed by atoms with van der Waals surface area (Å²) in [6.07, 6.45) is 0. The Balaban J connectivity index is 0. The van der Waals surface area contributed by atoms with Crippen molar-refractivity contribution in [3.05, 3.63) is 23.7 Å². The lowest BCUT2D eigenvalue weighted by Gasteiger charge is -2.03. The van der Waals surface area contributed by atoms with Crippen molar-refractivity contribution in [3.8, 4) is 0 Å². The van der Waals surface area contributed by atoms with E-state index in [9.17, 15) is 9.59 Å². The van der Waals surface area contributed by atoms with E-state index >= 15 is 0 Å². The molecule has 0 bridgehead atoms. The van der Waals surface area contributed by atoms with Gasteiger partial charge in [-0.2, -0.15) is 0 Å². The van der Waals surface area contributed by atoms with Crippen LogP contribution in [0.2, 0.25) is 0 Å². The number of likely N-dealkylation sites (N-methyl/N-ethyl adjacent to an activating group) is 2. The molecule has 134 valence electrons. The van der Waals surface area contributed by atoms with Crippen LogP contribution in [0, 0.1) is 0 Å². The van der Waals surface area contributed by atoms with E-state index in [1.165, 1.54) is 0 Å². The van der Waals surface area contributed by atoms with Crippen molar-refractivity contribution in [2.45, 2.75) is 0 Å². The summed E-state index contributed by atoms with van der Waals surface area (Å²) in [5.41, 5.74) is 0. The van der Waals surface area contributed by atoms with Crippen molar-refractivity contribution >= 4 is 11.9 Å². The van der Waals surface area contributed by atoms with Gasteiger partial charge in [0.25, 0.3) is 0 Å². The van der Waals surface area contributed by atoms with Crippen molar-refractivity contribution in [3.63, 3.8) is 0 Å². The monoisotopic (exact) mass is 334 g/mol. The molecule has 4 N–H and O–H groups in total. The molecule has 9 nitrogen and oxygen atoms in total. The van der Waals surface area contributed by atoms with E-state index in [0.29, 0.717) is 0 Å². The number of carboxylic acid groups (broad SMARTS) is 2. The standard InChI is InChI=1S/C6H4O5.2C4H11NO/c7-5(8)3-1-2-4(11-3)6(9)10;2*1-5(2)3-4-6/h1-2H,(H,7,8)(H,9,10);2*6H,3-4H2,1-2H3. The zero-order valence-electron chi connectivity index (χ0n) is 13.9. The molecule has 1 aromatic heterocycles. The first kappa shape index (κ1) is 23.3. The Hall–Kier alpha value is -1.94. The highest BCUT2D eigenvalue weighted by molar-refractivity contribution is 5.88. The first-order valence-corrected chi connectivity index (χ1v) is 6.73. The Kier molecular flexibility index (Phi) is 13.9. The summed E-state index contributed by atoms with van der Waals surface area (Å²) in [7, 11) is 7.71. The topological polar surface area (TPSA) is 135 Å². The number of hydrogen-bond donors (Lipinski definition) is 4. The second kappa shape index (κ2) is 13.7. The van der Waals surface area contributed by atoms with Gasteiger partial charge in [0.15, 0.2) is 0 Å². The molecule has 0 atom stereocenters. The Bertz CT molecular complexity index is 406. The Morgan fingerprint density at radius 2 is 1.17 bits per heavy atom. The van der Waals surface area contributed by atoms with E-state index in [4.69, 9.17) is 20.4 Å². The molecule has 0 amide bonds. The van der Waals surface area contributed by atoms with Crippen molar-refractivity contribution in [1.82, 2.24) is 9.80 Å². The fourth-order valence-corrected chi connectivity index (χ4v) is 0.968. The van der Waals surface area contributed by atoms with Gasteiger partial charge >= 0.3 is 11.9 Å². The number of carboxylic acids is 2. The molecule has 1 rings (SSSR count). The molecule has 1 heterocycles. The van der Waals surface area contributed by atoms with Crippen LogP contribution < -0.4 is 0 Å². The van der Waals surface area contributed by atoms with E-state index in [-0.39, 0.29) is 24.7 Å². The van der Waals surface area contributed by atoms with Gasteiger partial charge in [-0.1, -0.05) is 0 Å². The van der Waals surface area contributed by atoms with Gasteiger partial charge in [-0.15, -0.1) is 0 Å². The molecule has 0 unspecified atom stereocenters. The molecule has 0 aliphatic heterocycles. The van der Waals surface area contributed by atoms with Crippen LogP contribution in [0.5, 0.6) is 0 Å². The fourth-order valence-electron chi connectivity index (χ4n) is 0.968. The van der Waals surface area contributed by atoms with Crippen LogP contribution in [0.25, 0.3) is 0 Å². The Morgan fingerprint density at radius 1 is 0.870 bits per heavy atom. The number of rotatable bonds is 6. The summed E-state index contributed by atoms with van der Waals surface area (Å²) >= 11 is 0. The average Bonchev–Trinajstić information content (AvgIpc) is 2.89. The zero-order chi connectivity index (χ0) is 18.4. The maximum Gasteiger partial charge on any atom is 0.371 e. The summed E-state index contributed by atoms with van der Waals surface area (Å²) in [4.78, 5) is 24.2. The molecule has 0 aliphatic carbocycles. The predicted molar refractivity (Wildman–Crippen MR) is 83.9 cm³/mol. The molecule has 0 fully saturated rings. The molecular weight excluding hydrogens is 308 g/mol. The van der Waals surface area contributed by atoms with Crippen molar-refractivity contribution in [2.24, 2.45) is 0 Å². The summed E-state index contributed by atoms with van der Waals surface area (Å²) in [5, 5.41) is 33.0. The molecule has 9 heteroatoms. The molecular formula is C14H26N2O7. The van der Waals surface area contributed by atoms with Gasteiger partial charge in [0.2, 0.25) is 11.5 Å². The molecule has 0 saturated heterocycles. The third-order valence-electron chi connectivity index (χ3n) is 2.12. The van der Waals surface area contributed by atoms with E-state index in [2.05, 4.69) is 4.42 Å². The van der Waals surface area contributed by atoms with Crippen LogP contribution in [0.4, 0.5) is 0 Å². The fraction of sp³-hybridized carbons (Fsp3) is 0.571. The van der Waals surface area contributed by atoms with Crippen LogP contribution >= 0.6 is 0 Å². The predicted octanol–water partition coefficient (Wildman–Crippen LogP) is -0.243.